The van der Waals surface area contributed by atoms with Crippen LogP contribution in [0.4, 0.5) is 5.69 Å². The summed E-state index contributed by atoms with van der Waals surface area (Å²) in [6.45, 7) is 4.38. The summed E-state index contributed by atoms with van der Waals surface area (Å²) in [7, 11) is 0. The predicted molar refractivity (Wildman–Crippen MR) is 104 cm³/mol. The Kier molecular flexibility index (Phi) is 8.02. The van der Waals surface area contributed by atoms with Gasteiger partial charge in [-0.05, 0) is 31.5 Å². The van der Waals surface area contributed by atoms with Crippen molar-refractivity contribution in [2.45, 2.75) is 25.7 Å². The van der Waals surface area contributed by atoms with E-state index in [1.165, 1.54) is 11.8 Å². The van der Waals surface area contributed by atoms with Crippen LogP contribution in [0.5, 0.6) is 5.75 Å². The van der Waals surface area contributed by atoms with E-state index in [0.29, 0.717) is 18.0 Å². The highest BCUT2D eigenvalue weighted by molar-refractivity contribution is 8.01. The maximum Gasteiger partial charge on any atom is 0.319 e. The second-order valence-electron chi connectivity index (χ2n) is 5.52. The second kappa shape index (κ2) is 10.5. The first-order valence-corrected chi connectivity index (χ1v) is 9.49. The van der Waals surface area contributed by atoms with Crippen molar-refractivity contribution in [2.75, 3.05) is 17.7 Å². The van der Waals surface area contributed by atoms with Gasteiger partial charge in [-0.15, -0.1) is 11.8 Å². The van der Waals surface area contributed by atoms with E-state index in [9.17, 15) is 9.59 Å². The summed E-state index contributed by atoms with van der Waals surface area (Å²) in [6.07, 6.45) is 0. The Bertz CT molecular complexity index is 721. The van der Waals surface area contributed by atoms with Crippen molar-refractivity contribution in [1.29, 1.82) is 0 Å². The summed E-state index contributed by atoms with van der Waals surface area (Å²) >= 11 is 1.24. The van der Waals surface area contributed by atoms with E-state index in [-0.39, 0.29) is 24.2 Å². The Hall–Kier alpha value is -2.47. The number of benzene rings is 2. The number of esters is 1. The van der Waals surface area contributed by atoms with E-state index in [2.05, 4.69) is 5.32 Å². The highest BCUT2D eigenvalue weighted by Crippen LogP contribution is 2.24. The van der Waals surface area contributed by atoms with Crippen LogP contribution >= 0.6 is 11.8 Å². The number of thioether (sulfide) groups is 1. The lowest BCUT2D eigenvalue weighted by Crippen LogP contribution is -2.21. The van der Waals surface area contributed by atoms with Crippen molar-refractivity contribution in [3.63, 3.8) is 0 Å². The van der Waals surface area contributed by atoms with Crippen LogP contribution in [0.1, 0.15) is 19.4 Å². The maximum atomic E-state index is 12.1. The molecule has 2 aromatic rings. The van der Waals surface area contributed by atoms with Crippen LogP contribution < -0.4 is 10.1 Å². The molecule has 26 heavy (non-hydrogen) atoms. The predicted octanol–water partition coefficient (Wildman–Crippen LogP) is 3.89. The number of anilines is 1. The van der Waals surface area contributed by atoms with E-state index < -0.39 is 5.25 Å². The summed E-state index contributed by atoms with van der Waals surface area (Å²) in [4.78, 5) is 24.2. The number of amides is 1. The molecule has 0 saturated carbocycles. The second-order valence-corrected chi connectivity index (χ2v) is 6.85. The minimum atomic E-state index is -0.424. The fourth-order valence-corrected chi connectivity index (χ4v) is 2.83. The number of rotatable bonds is 9. The first kappa shape index (κ1) is 19.8. The topological polar surface area (TPSA) is 64.6 Å². The van der Waals surface area contributed by atoms with Crippen LogP contribution in [0, 0.1) is 0 Å². The Morgan fingerprint density at radius 1 is 1.08 bits per heavy atom. The van der Waals surface area contributed by atoms with Crippen LogP contribution in [0.15, 0.2) is 54.6 Å². The fraction of sp³-hybridized carbons (Fsp3) is 0.300. The number of ether oxygens (including phenoxy) is 2. The fourth-order valence-electron chi connectivity index (χ4n) is 2.15. The molecule has 0 radical (unpaired) electrons. The van der Waals surface area contributed by atoms with Crippen molar-refractivity contribution in [3.8, 4) is 5.75 Å². The molecule has 1 amide bonds. The normalized spacial score (nSPS) is 11.5. The maximum absolute atomic E-state index is 12.1. The monoisotopic (exact) mass is 373 g/mol. The molecule has 2 aromatic carbocycles. The largest absolute Gasteiger partial charge is 0.492 e. The van der Waals surface area contributed by atoms with Crippen molar-refractivity contribution in [1.82, 2.24) is 0 Å². The molecule has 0 aromatic heterocycles. The Morgan fingerprint density at radius 3 is 2.50 bits per heavy atom. The summed E-state index contributed by atoms with van der Waals surface area (Å²) in [5, 5.41) is 2.39. The molecule has 2 rings (SSSR count). The van der Waals surface area contributed by atoms with Gasteiger partial charge in [-0.1, -0.05) is 42.5 Å². The lowest BCUT2D eigenvalue weighted by Gasteiger charge is -2.13. The van der Waals surface area contributed by atoms with Gasteiger partial charge in [0.05, 0.1) is 18.0 Å². The summed E-state index contributed by atoms with van der Waals surface area (Å²) < 4.78 is 10.8. The van der Waals surface area contributed by atoms with Crippen molar-refractivity contribution in [3.05, 3.63) is 60.2 Å². The smallest absolute Gasteiger partial charge is 0.319 e. The van der Waals surface area contributed by atoms with Gasteiger partial charge in [0.15, 0.2) is 0 Å². The molecule has 0 aliphatic rings. The van der Waals surface area contributed by atoms with Gasteiger partial charge in [-0.25, -0.2) is 0 Å². The SMILES string of the molecule is CCOc1ccccc1NC(=O)CSC(C)C(=O)OCc1ccccc1. The van der Waals surface area contributed by atoms with E-state index in [1.807, 2.05) is 49.4 Å². The number of hydrogen-bond donors (Lipinski definition) is 1. The van der Waals surface area contributed by atoms with Gasteiger partial charge in [0.25, 0.3) is 0 Å². The van der Waals surface area contributed by atoms with Gasteiger partial charge in [0.1, 0.15) is 17.6 Å². The van der Waals surface area contributed by atoms with E-state index in [1.54, 1.807) is 19.1 Å². The first-order chi connectivity index (χ1) is 12.6. The molecule has 1 unspecified atom stereocenters. The summed E-state index contributed by atoms with van der Waals surface area (Å²) in [5.41, 5.74) is 1.56. The molecule has 0 aliphatic heterocycles. The molecule has 0 spiro atoms. The highest BCUT2D eigenvalue weighted by atomic mass is 32.2. The Morgan fingerprint density at radius 2 is 1.77 bits per heavy atom. The third kappa shape index (κ3) is 6.44. The molecular formula is C20H23NO4S. The summed E-state index contributed by atoms with van der Waals surface area (Å²) in [6, 6.07) is 16.8. The van der Waals surface area contributed by atoms with E-state index >= 15 is 0 Å². The first-order valence-electron chi connectivity index (χ1n) is 8.44. The number of nitrogens with one attached hydrogen (secondary N) is 1. The summed E-state index contributed by atoms with van der Waals surface area (Å²) in [5.74, 6) is 0.261. The standard InChI is InChI=1S/C20H23NO4S/c1-3-24-18-12-8-7-11-17(18)21-19(22)14-26-15(2)20(23)25-13-16-9-5-4-6-10-16/h4-12,15H,3,13-14H2,1-2H3,(H,21,22). The van der Waals surface area contributed by atoms with Crippen LogP contribution in [0.25, 0.3) is 0 Å². The zero-order valence-electron chi connectivity index (χ0n) is 14.9. The molecule has 0 aliphatic carbocycles. The van der Waals surface area contributed by atoms with Crippen LogP contribution in [-0.4, -0.2) is 29.5 Å². The molecule has 0 heterocycles. The quantitative estimate of drug-likeness (QED) is 0.676. The van der Waals surface area contributed by atoms with Crippen LogP contribution in [0.3, 0.4) is 0 Å². The molecule has 138 valence electrons. The molecule has 0 bridgehead atoms. The highest BCUT2D eigenvalue weighted by Gasteiger charge is 2.17. The minimum Gasteiger partial charge on any atom is -0.492 e. The van der Waals surface area contributed by atoms with Crippen LogP contribution in [0.2, 0.25) is 0 Å². The molecule has 1 atom stereocenters. The molecule has 5 nitrogen and oxygen atoms in total. The Balaban J connectivity index is 1.76. The van der Waals surface area contributed by atoms with Gasteiger partial charge < -0.3 is 14.8 Å². The molecule has 0 fully saturated rings. The molecule has 1 N–H and O–H groups in total. The Labute approximate surface area is 158 Å². The average molecular weight is 373 g/mol. The van der Waals surface area contributed by atoms with E-state index in [4.69, 9.17) is 9.47 Å². The zero-order valence-corrected chi connectivity index (χ0v) is 15.8. The lowest BCUT2D eigenvalue weighted by atomic mass is 10.2. The molecule has 0 saturated heterocycles. The van der Waals surface area contributed by atoms with Gasteiger partial charge >= 0.3 is 5.97 Å². The van der Waals surface area contributed by atoms with Crippen molar-refractivity contribution >= 4 is 29.3 Å². The van der Waals surface area contributed by atoms with E-state index in [0.717, 1.165) is 5.56 Å². The van der Waals surface area contributed by atoms with Gasteiger partial charge in [-0.3, -0.25) is 9.59 Å². The van der Waals surface area contributed by atoms with Crippen molar-refractivity contribution < 1.29 is 19.1 Å². The van der Waals surface area contributed by atoms with Crippen LogP contribution in [-0.2, 0) is 20.9 Å². The third-order valence-corrected chi connectivity index (χ3v) is 4.60. The van der Waals surface area contributed by atoms with Crippen molar-refractivity contribution in [2.24, 2.45) is 0 Å². The number of carbonyl (C=O) groups is 2. The third-order valence-electron chi connectivity index (χ3n) is 3.48. The van der Waals surface area contributed by atoms with Gasteiger partial charge in [0.2, 0.25) is 5.91 Å². The zero-order chi connectivity index (χ0) is 18.8. The lowest BCUT2D eigenvalue weighted by molar-refractivity contribution is -0.143. The number of hydrogen-bond acceptors (Lipinski definition) is 5. The number of para-hydroxylation sites is 2. The molecular weight excluding hydrogens is 350 g/mol. The average Bonchev–Trinajstić information content (AvgIpc) is 2.66. The number of carbonyl (C=O) groups excluding carboxylic acids is 2. The minimum absolute atomic E-state index is 0.155. The van der Waals surface area contributed by atoms with Gasteiger partial charge in [-0.2, -0.15) is 0 Å². The van der Waals surface area contributed by atoms with Gasteiger partial charge in [0, 0.05) is 0 Å². The molecule has 6 heteroatoms.